The third-order valence-electron chi connectivity index (χ3n) is 3.30. The number of rotatable bonds is 2. The summed E-state index contributed by atoms with van der Waals surface area (Å²) in [7, 11) is 0. The number of fused-ring (bicyclic) bond motifs is 1. The van der Waals surface area contributed by atoms with Crippen molar-refractivity contribution in [3.63, 3.8) is 0 Å². The molecule has 0 aliphatic carbocycles. The molecule has 0 spiro atoms. The van der Waals surface area contributed by atoms with Crippen LogP contribution < -0.4 is 5.73 Å². The quantitative estimate of drug-likeness (QED) is 0.903. The largest absolute Gasteiger partial charge is 0.368 e. The first-order chi connectivity index (χ1) is 9.63. The van der Waals surface area contributed by atoms with E-state index in [0.29, 0.717) is 5.84 Å². The molecule has 1 aromatic rings. The second-order valence-electron chi connectivity index (χ2n) is 4.78. The highest BCUT2D eigenvalue weighted by molar-refractivity contribution is 8.13. The minimum atomic E-state index is -0.168. The van der Waals surface area contributed by atoms with Crippen LogP contribution in [0.25, 0.3) is 0 Å². The number of hydrogen-bond donors (Lipinski definition) is 1. The summed E-state index contributed by atoms with van der Waals surface area (Å²) in [5.41, 5.74) is 9.58. The number of benzene rings is 1. The van der Waals surface area contributed by atoms with E-state index in [1.54, 1.807) is 11.8 Å². The highest BCUT2D eigenvalue weighted by Gasteiger charge is 2.28. The number of thioether (sulfide) groups is 1. The van der Waals surface area contributed by atoms with Crippen molar-refractivity contribution >= 4 is 34.9 Å². The number of amidine groups is 1. The Hall–Kier alpha value is -1.95. The maximum atomic E-state index is 5.71. The lowest BCUT2D eigenvalue weighted by Gasteiger charge is -2.15. The van der Waals surface area contributed by atoms with Crippen LogP contribution >= 0.6 is 11.8 Å². The van der Waals surface area contributed by atoms with E-state index in [1.807, 2.05) is 0 Å². The lowest BCUT2D eigenvalue weighted by atomic mass is 10.1. The third-order valence-corrected chi connectivity index (χ3v) is 4.38. The fourth-order valence-corrected chi connectivity index (χ4v) is 3.02. The molecule has 1 atom stereocenters. The molecule has 1 aromatic carbocycles. The van der Waals surface area contributed by atoms with Gasteiger partial charge in [0, 0.05) is 5.75 Å². The van der Waals surface area contributed by atoms with E-state index < -0.39 is 0 Å². The standard InChI is InChI=1S/C14H15N5S/c1-8-3-4-10(5-9(8)2)6-20-13-11-12(17-7-16-11)18-14(15)19-13/h3-5,7,11H,6H2,1-2H3,(H2,15,16,17,18). The van der Waals surface area contributed by atoms with Crippen molar-refractivity contribution < 1.29 is 0 Å². The lowest BCUT2D eigenvalue weighted by Crippen LogP contribution is -2.31. The van der Waals surface area contributed by atoms with Crippen LogP contribution in [0.15, 0.2) is 38.2 Å². The number of aliphatic imine (C=N–C) groups is 4. The summed E-state index contributed by atoms with van der Waals surface area (Å²) in [4.78, 5) is 16.8. The van der Waals surface area contributed by atoms with Gasteiger partial charge in [0.1, 0.15) is 11.4 Å². The first-order valence-electron chi connectivity index (χ1n) is 6.34. The summed E-state index contributed by atoms with van der Waals surface area (Å²) in [6.07, 6.45) is 1.52. The second kappa shape index (κ2) is 5.20. The van der Waals surface area contributed by atoms with E-state index in [0.717, 1.165) is 10.8 Å². The van der Waals surface area contributed by atoms with Gasteiger partial charge >= 0.3 is 0 Å². The lowest BCUT2D eigenvalue weighted by molar-refractivity contribution is 1.15. The van der Waals surface area contributed by atoms with Crippen molar-refractivity contribution in [2.75, 3.05) is 0 Å². The fraction of sp³-hybridized carbons (Fsp3) is 0.286. The highest BCUT2D eigenvalue weighted by Crippen LogP contribution is 2.23. The molecule has 0 fully saturated rings. The Labute approximate surface area is 121 Å². The highest BCUT2D eigenvalue weighted by atomic mass is 32.2. The average Bonchev–Trinajstić information content (AvgIpc) is 2.88. The summed E-state index contributed by atoms with van der Waals surface area (Å²) in [6, 6.07) is 6.32. The van der Waals surface area contributed by atoms with Crippen LogP contribution in [-0.4, -0.2) is 29.2 Å². The maximum absolute atomic E-state index is 5.71. The van der Waals surface area contributed by atoms with E-state index in [4.69, 9.17) is 5.73 Å². The molecule has 0 aromatic heterocycles. The van der Waals surface area contributed by atoms with Gasteiger partial charge in [-0.15, -0.1) is 11.8 Å². The molecule has 0 radical (unpaired) electrons. The smallest absolute Gasteiger partial charge is 0.222 e. The summed E-state index contributed by atoms with van der Waals surface area (Å²) < 4.78 is 0. The molecule has 1 unspecified atom stereocenters. The van der Waals surface area contributed by atoms with Gasteiger partial charge in [0.25, 0.3) is 0 Å². The fourth-order valence-electron chi connectivity index (χ4n) is 2.04. The predicted molar refractivity (Wildman–Crippen MR) is 86.0 cm³/mol. The number of nitrogens with zero attached hydrogens (tertiary/aromatic N) is 4. The summed E-state index contributed by atoms with van der Waals surface area (Å²) in [5, 5.41) is 0.864. The monoisotopic (exact) mass is 285 g/mol. The predicted octanol–water partition coefficient (Wildman–Crippen LogP) is 2.07. The zero-order valence-corrected chi connectivity index (χ0v) is 12.2. The first kappa shape index (κ1) is 13.1. The summed E-state index contributed by atoms with van der Waals surface area (Å²) >= 11 is 1.64. The Bertz CT molecular complexity index is 672. The molecule has 102 valence electrons. The van der Waals surface area contributed by atoms with Gasteiger partial charge in [-0.3, -0.25) is 4.99 Å². The van der Waals surface area contributed by atoms with Gasteiger partial charge in [-0.05, 0) is 30.5 Å². The van der Waals surface area contributed by atoms with Crippen LogP contribution in [-0.2, 0) is 5.75 Å². The second-order valence-corrected chi connectivity index (χ2v) is 5.78. The Morgan fingerprint density at radius 1 is 1.20 bits per heavy atom. The molecule has 2 aliphatic rings. The summed E-state index contributed by atoms with van der Waals surface area (Å²) in [5.74, 6) is 1.74. The molecule has 20 heavy (non-hydrogen) atoms. The van der Waals surface area contributed by atoms with Crippen LogP contribution in [0.5, 0.6) is 0 Å². The molecule has 3 rings (SSSR count). The summed E-state index contributed by atoms with van der Waals surface area (Å²) in [6.45, 7) is 4.24. The van der Waals surface area contributed by atoms with E-state index in [9.17, 15) is 0 Å². The zero-order chi connectivity index (χ0) is 14.1. The minimum Gasteiger partial charge on any atom is -0.368 e. The normalized spacial score (nSPS) is 20.3. The Morgan fingerprint density at radius 3 is 2.85 bits per heavy atom. The van der Waals surface area contributed by atoms with Gasteiger partial charge < -0.3 is 5.73 Å². The van der Waals surface area contributed by atoms with Gasteiger partial charge in [0.15, 0.2) is 11.9 Å². The molecule has 0 bridgehead atoms. The van der Waals surface area contributed by atoms with Gasteiger partial charge in [0.05, 0.1) is 0 Å². The SMILES string of the molecule is Cc1ccc(CSC2=NC(N)=NC3=NC=NC32)cc1C. The van der Waals surface area contributed by atoms with E-state index in [-0.39, 0.29) is 12.0 Å². The molecule has 5 nitrogen and oxygen atoms in total. The molecule has 6 heteroatoms. The molecular weight excluding hydrogens is 270 g/mol. The minimum absolute atomic E-state index is 0.168. The van der Waals surface area contributed by atoms with Crippen LogP contribution in [0.3, 0.4) is 0 Å². The van der Waals surface area contributed by atoms with Gasteiger partial charge in [0.2, 0.25) is 5.96 Å². The number of nitrogens with two attached hydrogens (primary N) is 1. The molecule has 2 heterocycles. The van der Waals surface area contributed by atoms with E-state index >= 15 is 0 Å². The van der Waals surface area contributed by atoms with Crippen LogP contribution in [0.2, 0.25) is 0 Å². The van der Waals surface area contributed by atoms with Crippen molar-refractivity contribution in [1.29, 1.82) is 0 Å². The van der Waals surface area contributed by atoms with E-state index in [2.05, 4.69) is 52.0 Å². The molecule has 2 aliphatic heterocycles. The maximum Gasteiger partial charge on any atom is 0.222 e. The first-order valence-corrected chi connectivity index (χ1v) is 7.33. The van der Waals surface area contributed by atoms with Crippen LogP contribution in [0.4, 0.5) is 0 Å². The van der Waals surface area contributed by atoms with Crippen molar-refractivity contribution in [1.82, 2.24) is 0 Å². The Balaban J connectivity index is 1.75. The Kier molecular flexibility index (Phi) is 3.40. The average molecular weight is 285 g/mol. The third kappa shape index (κ3) is 2.51. The van der Waals surface area contributed by atoms with E-state index in [1.165, 1.54) is 23.0 Å². The van der Waals surface area contributed by atoms with Crippen molar-refractivity contribution in [2.45, 2.75) is 25.6 Å². The Morgan fingerprint density at radius 2 is 2.05 bits per heavy atom. The van der Waals surface area contributed by atoms with Crippen molar-refractivity contribution in [2.24, 2.45) is 25.7 Å². The van der Waals surface area contributed by atoms with Crippen molar-refractivity contribution in [3.05, 3.63) is 34.9 Å². The number of hydrogen-bond acceptors (Lipinski definition) is 6. The zero-order valence-electron chi connectivity index (χ0n) is 11.4. The van der Waals surface area contributed by atoms with Crippen LogP contribution in [0, 0.1) is 13.8 Å². The van der Waals surface area contributed by atoms with Crippen LogP contribution in [0.1, 0.15) is 16.7 Å². The topological polar surface area (TPSA) is 75.5 Å². The molecule has 0 amide bonds. The molecule has 0 saturated heterocycles. The molecule has 2 N–H and O–H groups in total. The van der Waals surface area contributed by atoms with Gasteiger partial charge in [-0.1, -0.05) is 18.2 Å². The number of aryl methyl sites for hydroxylation is 2. The molecular formula is C14H15N5S. The van der Waals surface area contributed by atoms with Gasteiger partial charge in [-0.2, -0.15) is 4.99 Å². The van der Waals surface area contributed by atoms with Gasteiger partial charge in [-0.25, -0.2) is 9.98 Å². The number of guanidine groups is 1. The molecule has 0 saturated carbocycles. The van der Waals surface area contributed by atoms with Crippen molar-refractivity contribution in [3.8, 4) is 0 Å².